The van der Waals surface area contributed by atoms with Crippen molar-refractivity contribution in [3.8, 4) is 34.5 Å². The van der Waals surface area contributed by atoms with Crippen LogP contribution in [-0.2, 0) is 20.9 Å². The fraction of sp³-hybridized carbons (Fsp3) is 0.451. The predicted molar refractivity (Wildman–Crippen MR) is 260 cm³/mol. The van der Waals surface area contributed by atoms with Crippen LogP contribution in [0.15, 0.2) is 73.6 Å². The highest BCUT2D eigenvalue weighted by molar-refractivity contribution is 6.01. The molecular weight excluding hydrogens is 911 g/mol. The monoisotopic (exact) mass is 966 g/mol. The first-order chi connectivity index (χ1) is 34.5. The van der Waals surface area contributed by atoms with Crippen LogP contribution in [0.25, 0.3) is 28.0 Å². The largest absolute Gasteiger partial charge is 0.475 e. The topological polar surface area (TPSA) is 187 Å². The van der Waals surface area contributed by atoms with E-state index in [1.807, 2.05) is 67.7 Å². The van der Waals surface area contributed by atoms with Gasteiger partial charge >= 0.3 is 0 Å². The summed E-state index contributed by atoms with van der Waals surface area (Å²) >= 11 is 0. The molecule has 5 aliphatic rings. The van der Waals surface area contributed by atoms with E-state index in [0.717, 1.165) is 67.8 Å². The van der Waals surface area contributed by atoms with Crippen molar-refractivity contribution in [2.24, 2.45) is 0 Å². The molecule has 1 unspecified atom stereocenters. The van der Waals surface area contributed by atoms with E-state index in [1.165, 1.54) is 12.1 Å². The Labute approximate surface area is 409 Å². The maximum Gasteiger partial charge on any atom is 0.249 e. The van der Waals surface area contributed by atoms with Gasteiger partial charge in [-0.05, 0) is 75.8 Å². The smallest absolute Gasteiger partial charge is 0.249 e. The zero-order valence-electron chi connectivity index (χ0n) is 39.8. The number of hydrogen-bond acceptors (Lipinski definition) is 15. The average molecular weight is 967 g/mol. The van der Waals surface area contributed by atoms with Crippen LogP contribution in [0.3, 0.4) is 0 Å². The van der Waals surface area contributed by atoms with Crippen molar-refractivity contribution in [3.63, 3.8) is 0 Å². The zero-order chi connectivity index (χ0) is 48.8. The molecule has 5 fully saturated rings. The molecule has 1 aliphatic carbocycles. The van der Waals surface area contributed by atoms with Gasteiger partial charge in [0.2, 0.25) is 17.7 Å². The zero-order valence-corrected chi connectivity index (χ0v) is 39.8. The van der Waals surface area contributed by atoms with Gasteiger partial charge in [-0.3, -0.25) is 29.4 Å². The first kappa shape index (κ1) is 46.3. The molecule has 11 rings (SSSR count). The van der Waals surface area contributed by atoms with E-state index in [2.05, 4.69) is 47.6 Å². The standard InChI is InChI=1S/C51H56F2N14O4/c1-31(2)71-47-12-3-32(20-56-47)24-65-39-26-64(27-40(65)30-70-29-39)45-10-4-33(21-55-45)48-49-34(19-54)22-58-67(49)28-44(60-48)35-23-57-66(25-35)38-7-5-37(6-8-38)62-13-15-63(16-14-62)50-41(52)17-36(18-42(50)53)59-43-9-11-46(68)61-51(43)69/h3-4,10,12,17-18,20-23,25,28,31,37-40,43,59H,5-9,11,13-16,24,26-27,29-30H2,1-2H3,(H,61,68,69)/t37?,38?,39-,40+,43?. The van der Waals surface area contributed by atoms with Gasteiger partial charge in [-0.2, -0.15) is 15.5 Å². The van der Waals surface area contributed by atoms with Crippen LogP contribution >= 0.6 is 0 Å². The summed E-state index contributed by atoms with van der Waals surface area (Å²) in [6.07, 6.45) is 15.3. The fourth-order valence-corrected chi connectivity index (χ4v) is 11.0. The normalized spacial score (nSPS) is 23.2. The lowest BCUT2D eigenvalue weighted by Gasteiger charge is -2.50. The van der Waals surface area contributed by atoms with Gasteiger partial charge in [0.1, 0.15) is 34.7 Å². The Bertz CT molecular complexity index is 2920. The summed E-state index contributed by atoms with van der Waals surface area (Å²) in [5.74, 6) is -0.729. The minimum Gasteiger partial charge on any atom is -0.475 e. The molecule has 2 N–H and O–H groups in total. The number of anilines is 3. The molecule has 18 nitrogen and oxygen atoms in total. The Morgan fingerprint density at radius 3 is 2.28 bits per heavy atom. The van der Waals surface area contributed by atoms with E-state index in [-0.39, 0.29) is 54.4 Å². The Morgan fingerprint density at radius 1 is 0.845 bits per heavy atom. The third kappa shape index (κ3) is 9.61. The molecule has 6 aromatic rings. The minimum absolute atomic E-state index is 0.0611. The predicted octanol–water partition coefficient (Wildman–Crippen LogP) is 5.60. The number of nitrogens with one attached hydrogen (secondary N) is 2. The van der Waals surface area contributed by atoms with Crippen molar-refractivity contribution in [1.29, 1.82) is 5.26 Å². The van der Waals surface area contributed by atoms with Gasteiger partial charge in [-0.25, -0.2) is 28.2 Å². The van der Waals surface area contributed by atoms with Crippen molar-refractivity contribution in [2.75, 3.05) is 67.6 Å². The number of pyridine rings is 2. The number of imide groups is 1. The molecule has 0 spiro atoms. The average Bonchev–Trinajstić information content (AvgIpc) is 4.04. The summed E-state index contributed by atoms with van der Waals surface area (Å²) in [6, 6.07) is 13.0. The van der Waals surface area contributed by atoms with Crippen molar-refractivity contribution < 1.29 is 27.8 Å². The Morgan fingerprint density at radius 2 is 1.61 bits per heavy atom. The molecule has 71 heavy (non-hydrogen) atoms. The molecule has 0 radical (unpaired) electrons. The number of nitriles is 1. The highest BCUT2D eigenvalue weighted by Gasteiger charge is 2.39. The Kier molecular flexibility index (Phi) is 12.8. The molecular formula is C51H56F2N14O4. The second kappa shape index (κ2) is 19.6. The maximum absolute atomic E-state index is 15.4. The lowest BCUT2D eigenvalue weighted by Crippen LogP contribution is -2.64. The van der Waals surface area contributed by atoms with E-state index in [0.29, 0.717) is 73.8 Å². The molecule has 3 atom stereocenters. The highest BCUT2D eigenvalue weighted by atomic mass is 19.1. The number of benzene rings is 1. The van der Waals surface area contributed by atoms with Crippen molar-refractivity contribution in [2.45, 2.75) is 95.2 Å². The molecule has 20 heteroatoms. The number of halogens is 2. The van der Waals surface area contributed by atoms with Gasteiger partial charge in [0.05, 0.1) is 67.4 Å². The molecule has 2 bridgehead atoms. The number of fused-ring (bicyclic) bond motifs is 3. The number of morpholine rings is 1. The summed E-state index contributed by atoms with van der Waals surface area (Å²) in [5, 5.41) is 24.6. The van der Waals surface area contributed by atoms with E-state index in [4.69, 9.17) is 24.5 Å². The lowest BCUT2D eigenvalue weighted by atomic mass is 9.90. The van der Waals surface area contributed by atoms with E-state index in [1.54, 1.807) is 15.6 Å². The molecule has 1 saturated carbocycles. The van der Waals surface area contributed by atoms with Crippen LogP contribution in [0.5, 0.6) is 5.88 Å². The second-order valence-electron chi connectivity index (χ2n) is 19.6. The summed E-state index contributed by atoms with van der Waals surface area (Å²) in [4.78, 5) is 47.4. The SMILES string of the molecule is CC(C)Oc1ccc(CN2[C@@H]3COC[C@H]2CN(c2ccc(-c4nc(-c5cnn(C6CCC(N7CCN(c8c(F)cc(NC9CCC(=O)NC9=O)cc8F)CC7)CC6)c5)cn5ncc(C#N)c45)cn2)C3)cn1. The van der Waals surface area contributed by atoms with Crippen LogP contribution in [0.2, 0.25) is 0 Å². The highest BCUT2D eigenvalue weighted by Crippen LogP contribution is 2.36. The Balaban J connectivity index is 0.718. The number of piperazine rings is 2. The van der Waals surface area contributed by atoms with Crippen LogP contribution in [-0.4, -0.2) is 139 Å². The lowest BCUT2D eigenvalue weighted by molar-refractivity contribution is -0.133. The second-order valence-corrected chi connectivity index (χ2v) is 19.6. The number of aromatic nitrogens is 7. The number of nitrogens with zero attached hydrogens (tertiary/aromatic N) is 12. The van der Waals surface area contributed by atoms with Crippen LogP contribution in [0, 0.1) is 23.0 Å². The van der Waals surface area contributed by atoms with Gasteiger partial charge in [0.15, 0.2) is 11.6 Å². The van der Waals surface area contributed by atoms with Crippen molar-refractivity contribution in [3.05, 3.63) is 96.3 Å². The maximum atomic E-state index is 15.4. The van der Waals surface area contributed by atoms with Crippen LogP contribution in [0.4, 0.5) is 26.0 Å². The van der Waals surface area contributed by atoms with Gasteiger partial charge in [0, 0.05) is 99.7 Å². The number of rotatable bonds is 12. The number of hydrogen-bond donors (Lipinski definition) is 2. The minimum atomic E-state index is -0.733. The first-order valence-electron chi connectivity index (χ1n) is 24.6. The van der Waals surface area contributed by atoms with Crippen LogP contribution < -0.4 is 25.2 Å². The third-order valence-corrected chi connectivity index (χ3v) is 14.6. The van der Waals surface area contributed by atoms with E-state index < -0.39 is 23.6 Å². The summed E-state index contributed by atoms with van der Waals surface area (Å²) in [7, 11) is 0. The van der Waals surface area contributed by atoms with Crippen LogP contribution in [0.1, 0.15) is 69.5 Å². The van der Waals surface area contributed by atoms with E-state index in [9.17, 15) is 14.9 Å². The fourth-order valence-electron chi connectivity index (χ4n) is 11.0. The van der Waals surface area contributed by atoms with Gasteiger partial charge < -0.3 is 24.6 Å². The van der Waals surface area contributed by atoms with Gasteiger partial charge in [-0.1, -0.05) is 6.07 Å². The van der Waals surface area contributed by atoms with Gasteiger partial charge in [0.25, 0.3) is 0 Å². The summed E-state index contributed by atoms with van der Waals surface area (Å²) in [5.41, 5.74) is 5.18. The van der Waals surface area contributed by atoms with Crippen molar-refractivity contribution >= 4 is 34.5 Å². The first-order valence-corrected chi connectivity index (χ1v) is 24.6. The Hall–Kier alpha value is -7.08. The molecule has 9 heterocycles. The number of amides is 2. The molecule has 368 valence electrons. The van der Waals surface area contributed by atoms with Gasteiger partial charge in [-0.15, -0.1) is 0 Å². The van der Waals surface area contributed by atoms with Crippen molar-refractivity contribution in [1.82, 2.24) is 49.5 Å². The number of piperidine rings is 1. The molecule has 5 aromatic heterocycles. The third-order valence-electron chi connectivity index (χ3n) is 14.6. The molecule has 4 aliphatic heterocycles. The molecule has 1 aromatic carbocycles. The quantitative estimate of drug-likeness (QED) is 0.144. The number of carbonyl (C=O) groups excluding carboxylic acids is 2. The number of ether oxygens (including phenoxy) is 2. The van der Waals surface area contributed by atoms with E-state index >= 15 is 8.78 Å². The summed E-state index contributed by atoms with van der Waals surface area (Å²) in [6.45, 7) is 9.92. The molecule has 2 amide bonds. The summed E-state index contributed by atoms with van der Waals surface area (Å²) < 4.78 is 46.3. The number of carbonyl (C=O) groups is 2. The molecule has 4 saturated heterocycles.